The number of hydrogen-bond donors (Lipinski definition) is 2. The number of carbonyl (C=O) groups is 2. The Labute approximate surface area is 163 Å². The number of rotatable bonds is 6. The molecule has 1 aliphatic rings. The molecule has 148 valence electrons. The third-order valence-corrected chi connectivity index (χ3v) is 4.75. The van der Waals surface area contributed by atoms with Crippen LogP contribution in [0.5, 0.6) is 5.75 Å². The minimum Gasteiger partial charge on any atom is -0.497 e. The van der Waals surface area contributed by atoms with E-state index in [0.717, 1.165) is 25.9 Å². The fraction of sp³-hybridized carbons (Fsp3) is 0.333. The molecule has 2 aromatic rings. The summed E-state index contributed by atoms with van der Waals surface area (Å²) in [5.41, 5.74) is 1.15. The van der Waals surface area contributed by atoms with E-state index in [0.29, 0.717) is 23.5 Å². The quantitative estimate of drug-likeness (QED) is 0.802. The van der Waals surface area contributed by atoms with Crippen LogP contribution >= 0.6 is 0 Å². The molecule has 0 saturated carbocycles. The molecule has 2 aromatic carbocycles. The van der Waals surface area contributed by atoms with Gasteiger partial charge in [-0.2, -0.15) is 0 Å². The molecule has 0 radical (unpaired) electrons. The van der Waals surface area contributed by atoms with E-state index in [1.54, 1.807) is 13.2 Å². The lowest BCUT2D eigenvalue weighted by Gasteiger charge is -2.31. The molecule has 7 heteroatoms. The Morgan fingerprint density at radius 1 is 1.14 bits per heavy atom. The minimum absolute atomic E-state index is 0.0512. The molecule has 0 spiro atoms. The van der Waals surface area contributed by atoms with E-state index in [1.165, 1.54) is 24.3 Å². The number of nitrogens with one attached hydrogen (secondary N) is 2. The molecule has 6 nitrogen and oxygen atoms in total. The van der Waals surface area contributed by atoms with Crippen LogP contribution in [0.2, 0.25) is 0 Å². The summed E-state index contributed by atoms with van der Waals surface area (Å²) in [4.78, 5) is 26.5. The van der Waals surface area contributed by atoms with Crippen molar-refractivity contribution in [2.75, 3.05) is 32.1 Å². The number of halogens is 1. The first-order valence-electron chi connectivity index (χ1n) is 9.26. The van der Waals surface area contributed by atoms with Gasteiger partial charge in [-0.1, -0.05) is 6.07 Å². The second kappa shape index (κ2) is 9.32. The number of ether oxygens (including phenoxy) is 1. The topological polar surface area (TPSA) is 70.7 Å². The van der Waals surface area contributed by atoms with Gasteiger partial charge in [-0.05, 0) is 49.2 Å². The lowest BCUT2D eigenvalue weighted by Crippen LogP contribution is -2.46. The van der Waals surface area contributed by atoms with Crippen molar-refractivity contribution in [3.05, 3.63) is 59.9 Å². The molecule has 0 bridgehead atoms. The summed E-state index contributed by atoms with van der Waals surface area (Å²) >= 11 is 0. The van der Waals surface area contributed by atoms with Gasteiger partial charge in [0.05, 0.1) is 13.7 Å². The van der Waals surface area contributed by atoms with Crippen LogP contribution in [0.3, 0.4) is 0 Å². The second-order valence-corrected chi connectivity index (χ2v) is 6.81. The minimum atomic E-state index is -0.364. The smallest absolute Gasteiger partial charge is 0.251 e. The van der Waals surface area contributed by atoms with Crippen molar-refractivity contribution in [1.82, 2.24) is 10.2 Å². The van der Waals surface area contributed by atoms with Crippen molar-refractivity contribution in [3.8, 4) is 5.75 Å². The lowest BCUT2D eigenvalue weighted by molar-refractivity contribution is -0.117. The van der Waals surface area contributed by atoms with Crippen LogP contribution in [-0.2, 0) is 4.79 Å². The summed E-state index contributed by atoms with van der Waals surface area (Å²) in [7, 11) is 1.58. The van der Waals surface area contributed by atoms with E-state index in [9.17, 15) is 14.0 Å². The molecule has 3 rings (SSSR count). The molecule has 1 fully saturated rings. The van der Waals surface area contributed by atoms with Crippen molar-refractivity contribution in [1.29, 1.82) is 0 Å². The van der Waals surface area contributed by atoms with Crippen molar-refractivity contribution in [2.24, 2.45) is 0 Å². The Morgan fingerprint density at radius 2 is 1.86 bits per heavy atom. The van der Waals surface area contributed by atoms with Crippen LogP contribution in [0.15, 0.2) is 48.5 Å². The fourth-order valence-corrected chi connectivity index (χ4v) is 3.21. The van der Waals surface area contributed by atoms with Gasteiger partial charge in [0.2, 0.25) is 5.91 Å². The molecule has 0 aromatic heterocycles. The fourth-order valence-electron chi connectivity index (χ4n) is 3.21. The number of hydrogen-bond acceptors (Lipinski definition) is 4. The van der Waals surface area contributed by atoms with Gasteiger partial charge in [0, 0.05) is 36.4 Å². The second-order valence-electron chi connectivity index (χ2n) is 6.81. The molecule has 2 N–H and O–H groups in total. The third kappa shape index (κ3) is 5.53. The van der Waals surface area contributed by atoms with Gasteiger partial charge in [-0.15, -0.1) is 0 Å². The summed E-state index contributed by atoms with van der Waals surface area (Å²) in [5.74, 6) is 0.0452. The van der Waals surface area contributed by atoms with Crippen molar-refractivity contribution >= 4 is 17.5 Å². The van der Waals surface area contributed by atoms with Crippen LogP contribution < -0.4 is 15.4 Å². The van der Waals surface area contributed by atoms with E-state index < -0.39 is 0 Å². The van der Waals surface area contributed by atoms with Gasteiger partial charge in [0.15, 0.2) is 0 Å². The number of piperidine rings is 1. The maximum atomic E-state index is 13.0. The van der Waals surface area contributed by atoms with Gasteiger partial charge in [-0.3, -0.25) is 14.5 Å². The number of amides is 2. The van der Waals surface area contributed by atoms with Crippen LogP contribution in [0.25, 0.3) is 0 Å². The highest BCUT2D eigenvalue weighted by atomic mass is 19.1. The van der Waals surface area contributed by atoms with Crippen molar-refractivity contribution in [3.63, 3.8) is 0 Å². The Kier molecular flexibility index (Phi) is 6.60. The molecule has 1 aliphatic heterocycles. The van der Waals surface area contributed by atoms with E-state index in [4.69, 9.17) is 4.74 Å². The first-order valence-corrected chi connectivity index (χ1v) is 9.26. The zero-order valence-corrected chi connectivity index (χ0v) is 15.8. The van der Waals surface area contributed by atoms with Crippen molar-refractivity contribution in [2.45, 2.75) is 18.9 Å². The summed E-state index contributed by atoms with van der Waals surface area (Å²) in [6, 6.07) is 12.8. The Bertz CT molecular complexity index is 818. The average molecular weight is 385 g/mol. The number of carbonyl (C=O) groups excluding carboxylic acids is 2. The normalized spacial score (nSPS) is 15.1. The average Bonchev–Trinajstić information content (AvgIpc) is 2.70. The molecule has 0 atom stereocenters. The summed E-state index contributed by atoms with van der Waals surface area (Å²) in [5, 5.41) is 5.85. The summed E-state index contributed by atoms with van der Waals surface area (Å²) in [6.45, 7) is 1.75. The first kappa shape index (κ1) is 19.8. The largest absolute Gasteiger partial charge is 0.497 e. The van der Waals surface area contributed by atoms with Crippen LogP contribution in [0.1, 0.15) is 23.2 Å². The molecular formula is C21H24FN3O3. The molecule has 1 saturated heterocycles. The number of methoxy groups -OCH3 is 1. The van der Waals surface area contributed by atoms with Gasteiger partial charge >= 0.3 is 0 Å². The maximum Gasteiger partial charge on any atom is 0.251 e. The highest BCUT2D eigenvalue weighted by Crippen LogP contribution is 2.17. The molecule has 1 heterocycles. The summed E-state index contributed by atoms with van der Waals surface area (Å²) in [6.07, 6.45) is 1.53. The van der Waals surface area contributed by atoms with Crippen LogP contribution in [-0.4, -0.2) is 49.5 Å². The van der Waals surface area contributed by atoms with E-state index in [1.807, 2.05) is 18.2 Å². The zero-order valence-electron chi connectivity index (χ0n) is 15.8. The lowest BCUT2D eigenvalue weighted by atomic mass is 10.0. The SMILES string of the molecule is COc1cccc(NC(=O)CN2CCC(NC(=O)c3ccc(F)cc3)CC2)c1. The Hall–Kier alpha value is -2.93. The van der Waals surface area contributed by atoms with E-state index in [2.05, 4.69) is 15.5 Å². The van der Waals surface area contributed by atoms with Crippen LogP contribution in [0.4, 0.5) is 10.1 Å². The van der Waals surface area contributed by atoms with Crippen LogP contribution in [0, 0.1) is 5.82 Å². The number of nitrogens with zero attached hydrogens (tertiary/aromatic N) is 1. The molecule has 28 heavy (non-hydrogen) atoms. The predicted molar refractivity (Wildman–Crippen MR) is 105 cm³/mol. The van der Waals surface area contributed by atoms with Crippen molar-refractivity contribution < 1.29 is 18.7 Å². The first-order chi connectivity index (χ1) is 13.5. The highest BCUT2D eigenvalue weighted by Gasteiger charge is 2.22. The zero-order chi connectivity index (χ0) is 19.9. The van der Waals surface area contributed by atoms with Gasteiger partial charge in [0.25, 0.3) is 5.91 Å². The van der Waals surface area contributed by atoms with Gasteiger partial charge in [-0.25, -0.2) is 4.39 Å². The number of likely N-dealkylation sites (tertiary alicyclic amines) is 1. The third-order valence-electron chi connectivity index (χ3n) is 4.75. The van der Waals surface area contributed by atoms with Gasteiger partial charge < -0.3 is 15.4 Å². The molecule has 0 aliphatic carbocycles. The standard InChI is InChI=1S/C21H24FN3O3/c1-28-19-4-2-3-18(13-19)23-20(26)14-25-11-9-17(10-12-25)24-21(27)15-5-7-16(22)8-6-15/h2-8,13,17H,9-12,14H2,1H3,(H,23,26)(H,24,27). The Morgan fingerprint density at radius 3 is 2.54 bits per heavy atom. The monoisotopic (exact) mass is 385 g/mol. The molecule has 2 amide bonds. The van der Waals surface area contributed by atoms with E-state index >= 15 is 0 Å². The predicted octanol–water partition coefficient (Wildman–Crippen LogP) is 2.67. The number of anilines is 1. The maximum absolute atomic E-state index is 13.0. The molecule has 0 unspecified atom stereocenters. The Balaban J connectivity index is 1.42. The van der Waals surface area contributed by atoms with Gasteiger partial charge in [0.1, 0.15) is 11.6 Å². The van der Waals surface area contributed by atoms with E-state index in [-0.39, 0.29) is 23.7 Å². The summed E-state index contributed by atoms with van der Waals surface area (Å²) < 4.78 is 18.1. The highest BCUT2D eigenvalue weighted by molar-refractivity contribution is 5.94. The number of benzene rings is 2. The molecular weight excluding hydrogens is 361 g/mol.